The fraction of sp³-hybridized carbons (Fsp3) is 0.278. The van der Waals surface area contributed by atoms with Crippen molar-refractivity contribution in [1.82, 2.24) is 20.1 Å². The highest BCUT2D eigenvalue weighted by Crippen LogP contribution is 2.50. The zero-order valence-electron chi connectivity index (χ0n) is 27.4. The number of nitrogens with one attached hydrogen (secondary N) is 1. The number of fused-ring (bicyclic) bond motifs is 1. The van der Waals surface area contributed by atoms with Crippen LogP contribution in [-0.2, 0) is 36.3 Å². The minimum absolute atomic E-state index is 0.00222. The lowest BCUT2D eigenvalue weighted by Crippen LogP contribution is -2.35. The molecule has 5 rings (SSSR count). The molecule has 0 fully saturated rings. The lowest BCUT2D eigenvalue weighted by atomic mass is 9.94. The fourth-order valence-corrected chi connectivity index (χ4v) is 5.87. The van der Waals surface area contributed by atoms with Crippen molar-refractivity contribution in [2.45, 2.75) is 57.0 Å². The van der Waals surface area contributed by atoms with Gasteiger partial charge in [0.1, 0.15) is 41.0 Å². The lowest BCUT2D eigenvalue weighted by Gasteiger charge is -2.23. The number of nitrogens with zero attached hydrogens (tertiary/aromatic N) is 3. The Morgan fingerprint density at radius 2 is 1.79 bits per heavy atom. The average molecular weight is 732 g/mol. The second kappa shape index (κ2) is 13.9. The van der Waals surface area contributed by atoms with E-state index in [1.165, 1.54) is 32.0 Å². The normalized spacial score (nSPS) is 15.7. The summed E-state index contributed by atoms with van der Waals surface area (Å²) in [6.45, 7) is 4.92. The van der Waals surface area contributed by atoms with Crippen LogP contribution in [0.15, 0.2) is 61.2 Å². The van der Waals surface area contributed by atoms with E-state index in [1.54, 1.807) is 0 Å². The van der Waals surface area contributed by atoms with Crippen LogP contribution in [0.2, 0.25) is 0 Å². The predicted molar refractivity (Wildman–Crippen MR) is 171 cm³/mol. The van der Waals surface area contributed by atoms with E-state index in [-0.39, 0.29) is 32.8 Å². The van der Waals surface area contributed by atoms with E-state index in [9.17, 15) is 41.0 Å². The van der Waals surface area contributed by atoms with E-state index in [2.05, 4.69) is 33.8 Å². The summed E-state index contributed by atoms with van der Waals surface area (Å²) in [6, 6.07) is 7.10. The molecule has 0 radical (unpaired) electrons. The van der Waals surface area contributed by atoms with Gasteiger partial charge in [0.15, 0.2) is 5.69 Å². The van der Waals surface area contributed by atoms with Crippen LogP contribution in [0, 0.1) is 35.2 Å². The number of nitrogens with two attached hydrogens (primary N) is 1. The Morgan fingerprint density at radius 3 is 2.38 bits per heavy atom. The Morgan fingerprint density at radius 1 is 1.12 bits per heavy atom. The third-order valence-corrected chi connectivity index (χ3v) is 8.09. The summed E-state index contributed by atoms with van der Waals surface area (Å²) in [7, 11) is 0. The molecule has 1 aliphatic carbocycles. The lowest BCUT2D eigenvalue weighted by molar-refractivity contribution is -0.142. The molecule has 52 heavy (non-hydrogen) atoms. The van der Waals surface area contributed by atoms with Gasteiger partial charge >= 0.3 is 6.18 Å². The Bertz CT molecular complexity index is 2120. The van der Waals surface area contributed by atoms with Crippen LogP contribution in [0.3, 0.4) is 0 Å². The van der Waals surface area contributed by atoms with Crippen molar-refractivity contribution in [1.29, 1.82) is 0 Å². The largest absolute Gasteiger partial charge is 0.435 e. The average Bonchev–Trinajstić information content (AvgIpc) is 3.53. The summed E-state index contributed by atoms with van der Waals surface area (Å²) in [5, 5.41) is 16.0. The van der Waals surface area contributed by atoms with Gasteiger partial charge in [0.25, 0.3) is 11.8 Å². The predicted octanol–water partition coefficient (Wildman–Crippen LogP) is 6.15. The molecule has 2 heterocycles. The highest BCUT2D eigenvalue weighted by Gasteiger charge is 2.55. The van der Waals surface area contributed by atoms with Crippen molar-refractivity contribution in [3.63, 3.8) is 0 Å². The number of aromatic nitrogens is 3. The summed E-state index contributed by atoms with van der Waals surface area (Å²) >= 11 is 0. The Hall–Kier alpha value is -5.56. The zero-order chi connectivity index (χ0) is 38.3. The Labute approximate surface area is 291 Å². The first-order valence-corrected chi connectivity index (χ1v) is 15.5. The molecule has 1 aliphatic rings. The third kappa shape index (κ3) is 7.99. The first-order valence-electron chi connectivity index (χ1n) is 15.5. The van der Waals surface area contributed by atoms with Gasteiger partial charge in [-0.05, 0) is 80.1 Å². The van der Waals surface area contributed by atoms with Crippen LogP contribution < -0.4 is 11.1 Å². The number of halogens is 8. The molecule has 8 nitrogen and oxygen atoms in total. The van der Waals surface area contributed by atoms with E-state index < -0.39 is 101 Å². The first kappa shape index (κ1) is 37.7. The van der Waals surface area contributed by atoms with Crippen LogP contribution >= 0.6 is 0 Å². The second-order valence-corrected chi connectivity index (χ2v) is 12.6. The number of amides is 2. The molecule has 2 atom stereocenters. The standard InChI is InChI=1S/C36H29F8N5O3/c1-4-20-15-26-31(36(42,43)44)48-49(32(26)35(20,40)41)17-29(50)47-28(13-18-11-21(37)16-22(38)12-18)30-24(7-6-23(46-30)9-10-34(2,3)52)19-5-8-27(39)25(14-19)33(45)51/h4-8,11-12,14,16,20,28,52H,1,13,15,17H2,2-3H3,(H2,45,51)(H,47,50)/t20-,28+/m1/s1. The van der Waals surface area contributed by atoms with E-state index >= 15 is 8.78 Å². The molecular formula is C36H29F8N5O3. The summed E-state index contributed by atoms with van der Waals surface area (Å²) in [4.78, 5) is 30.1. The van der Waals surface area contributed by atoms with Gasteiger partial charge in [-0.3, -0.25) is 14.3 Å². The summed E-state index contributed by atoms with van der Waals surface area (Å²) in [6.07, 6.45) is -5.48. The maximum Gasteiger partial charge on any atom is 0.435 e. The Balaban J connectivity index is 1.65. The van der Waals surface area contributed by atoms with E-state index in [4.69, 9.17) is 5.73 Å². The maximum absolute atomic E-state index is 15.4. The molecule has 2 amide bonds. The minimum atomic E-state index is -5.13. The van der Waals surface area contributed by atoms with E-state index in [0.717, 1.165) is 30.3 Å². The van der Waals surface area contributed by atoms with Gasteiger partial charge in [0.2, 0.25) is 5.91 Å². The van der Waals surface area contributed by atoms with Crippen molar-refractivity contribution >= 4 is 11.8 Å². The highest BCUT2D eigenvalue weighted by atomic mass is 19.4. The molecule has 0 aliphatic heterocycles. The van der Waals surface area contributed by atoms with E-state index in [1.807, 2.05) is 0 Å². The number of hydrogen-bond acceptors (Lipinski definition) is 5. The number of pyridine rings is 1. The van der Waals surface area contributed by atoms with Crippen LogP contribution in [0.5, 0.6) is 0 Å². The number of aliphatic hydroxyl groups is 1. The van der Waals surface area contributed by atoms with Gasteiger partial charge in [-0.15, -0.1) is 6.58 Å². The van der Waals surface area contributed by atoms with Crippen LogP contribution in [0.25, 0.3) is 11.1 Å². The fourth-order valence-electron chi connectivity index (χ4n) is 5.87. The molecule has 4 N–H and O–H groups in total. The molecule has 0 saturated carbocycles. The molecule has 0 unspecified atom stereocenters. The first-order chi connectivity index (χ1) is 24.2. The van der Waals surface area contributed by atoms with Crippen molar-refractivity contribution < 1.29 is 49.8 Å². The summed E-state index contributed by atoms with van der Waals surface area (Å²) in [5.41, 5.74) is -0.0867. The number of carbonyl (C=O) groups is 2. The number of allylic oxidation sites excluding steroid dienone is 1. The van der Waals surface area contributed by atoms with Gasteiger partial charge in [-0.1, -0.05) is 18.1 Å². The van der Waals surface area contributed by atoms with Gasteiger partial charge < -0.3 is 16.2 Å². The molecule has 2 aromatic carbocycles. The van der Waals surface area contributed by atoms with Crippen molar-refractivity contribution in [2.75, 3.05) is 0 Å². The SMILES string of the molecule is C=C[C@@H]1Cc2c(C(F)(F)F)nn(CC(=O)N[C@@H](Cc3cc(F)cc(F)c3)c3nc(C#CC(C)(C)O)ccc3-c3ccc(F)c(C(N)=O)c3)c2C1(F)F. The summed E-state index contributed by atoms with van der Waals surface area (Å²) in [5.74, 6) is -5.59. The summed E-state index contributed by atoms with van der Waals surface area (Å²) < 4.78 is 116. The molecular weight excluding hydrogens is 702 g/mol. The molecule has 272 valence electrons. The van der Waals surface area contributed by atoms with Crippen molar-refractivity contribution in [2.24, 2.45) is 11.7 Å². The quantitative estimate of drug-likeness (QED) is 0.108. The van der Waals surface area contributed by atoms with Gasteiger partial charge in [0.05, 0.1) is 23.2 Å². The molecule has 4 aromatic rings. The van der Waals surface area contributed by atoms with Gasteiger partial charge in [-0.25, -0.2) is 18.2 Å². The third-order valence-electron chi connectivity index (χ3n) is 8.09. The zero-order valence-corrected chi connectivity index (χ0v) is 27.4. The highest BCUT2D eigenvalue weighted by molar-refractivity contribution is 5.94. The molecule has 0 spiro atoms. The number of alkyl halides is 5. The van der Waals surface area contributed by atoms with Gasteiger partial charge in [-0.2, -0.15) is 27.1 Å². The molecule has 2 aromatic heterocycles. The minimum Gasteiger partial charge on any atom is -0.378 e. The number of rotatable bonds is 9. The smallest absolute Gasteiger partial charge is 0.378 e. The molecule has 0 saturated heterocycles. The Kier molecular flexibility index (Phi) is 10.1. The van der Waals surface area contributed by atoms with Gasteiger partial charge in [0, 0.05) is 17.2 Å². The number of benzene rings is 2. The number of carbonyl (C=O) groups excluding carboxylic acids is 2. The van der Waals surface area contributed by atoms with E-state index in [0.29, 0.717) is 6.07 Å². The topological polar surface area (TPSA) is 123 Å². The second-order valence-electron chi connectivity index (χ2n) is 12.6. The number of primary amides is 1. The monoisotopic (exact) mass is 731 g/mol. The van der Waals surface area contributed by atoms with Crippen molar-refractivity contribution in [3.8, 4) is 23.0 Å². The van der Waals surface area contributed by atoms with Crippen LogP contribution in [0.1, 0.15) is 64.1 Å². The molecule has 0 bridgehead atoms. The maximum atomic E-state index is 15.4. The van der Waals surface area contributed by atoms with Crippen LogP contribution in [-0.4, -0.2) is 37.3 Å². The van der Waals surface area contributed by atoms with Crippen LogP contribution in [0.4, 0.5) is 35.1 Å². The van der Waals surface area contributed by atoms with Crippen molar-refractivity contribution in [3.05, 3.63) is 118 Å². The number of hydrogen-bond donors (Lipinski definition) is 3. The molecule has 16 heteroatoms.